The summed E-state index contributed by atoms with van der Waals surface area (Å²) in [5, 5.41) is 10.1. The van der Waals surface area contributed by atoms with Crippen molar-refractivity contribution in [3.8, 4) is 11.3 Å². The highest BCUT2D eigenvalue weighted by Gasteiger charge is 2.29. The highest BCUT2D eigenvalue weighted by atomic mass is 16.2. The fourth-order valence-electron chi connectivity index (χ4n) is 3.93. The fourth-order valence-corrected chi connectivity index (χ4v) is 3.93. The Morgan fingerprint density at radius 1 is 1.16 bits per heavy atom. The van der Waals surface area contributed by atoms with E-state index >= 15 is 0 Å². The minimum atomic E-state index is -0.171. The van der Waals surface area contributed by atoms with E-state index in [0.29, 0.717) is 31.0 Å². The van der Waals surface area contributed by atoms with Gasteiger partial charge in [0.1, 0.15) is 5.69 Å². The summed E-state index contributed by atoms with van der Waals surface area (Å²) in [5.41, 5.74) is 3.24. The lowest BCUT2D eigenvalue weighted by Crippen LogP contribution is -2.45. The van der Waals surface area contributed by atoms with E-state index in [1.54, 1.807) is 23.4 Å². The van der Waals surface area contributed by atoms with E-state index < -0.39 is 0 Å². The predicted molar refractivity (Wildman–Crippen MR) is 118 cm³/mol. The summed E-state index contributed by atoms with van der Waals surface area (Å²) >= 11 is 0. The van der Waals surface area contributed by atoms with Crippen molar-refractivity contribution in [2.75, 3.05) is 19.6 Å². The monoisotopic (exact) mass is 417 g/mol. The molecule has 0 radical (unpaired) electrons. The Kier molecular flexibility index (Phi) is 6.72. The van der Waals surface area contributed by atoms with E-state index in [0.717, 1.165) is 31.2 Å². The number of piperidine rings is 1. The van der Waals surface area contributed by atoms with Gasteiger partial charge in [-0.2, -0.15) is 5.10 Å². The molecule has 0 saturated carbocycles. The van der Waals surface area contributed by atoms with E-state index in [9.17, 15) is 9.59 Å². The number of hydrogen-bond acceptors (Lipinski definition) is 4. The zero-order valence-corrected chi connectivity index (χ0v) is 17.5. The highest BCUT2D eigenvalue weighted by Crippen LogP contribution is 2.21. The number of pyridine rings is 1. The van der Waals surface area contributed by atoms with Gasteiger partial charge in [0.25, 0.3) is 5.91 Å². The highest BCUT2D eigenvalue weighted by molar-refractivity contribution is 5.94. The quantitative estimate of drug-likeness (QED) is 0.578. The molecular formula is C24H27N5O2. The van der Waals surface area contributed by atoms with Crippen LogP contribution < -0.4 is 5.32 Å². The molecule has 1 saturated heterocycles. The van der Waals surface area contributed by atoms with Gasteiger partial charge in [-0.05, 0) is 49.4 Å². The van der Waals surface area contributed by atoms with Crippen LogP contribution in [0.5, 0.6) is 0 Å². The van der Waals surface area contributed by atoms with Gasteiger partial charge in [-0.15, -0.1) is 0 Å². The van der Waals surface area contributed by atoms with Crippen LogP contribution >= 0.6 is 0 Å². The molecule has 7 nitrogen and oxygen atoms in total. The van der Waals surface area contributed by atoms with Crippen molar-refractivity contribution >= 4 is 11.8 Å². The molecular weight excluding hydrogens is 390 g/mol. The molecule has 1 atom stereocenters. The number of amides is 2. The maximum Gasteiger partial charge on any atom is 0.271 e. The van der Waals surface area contributed by atoms with Gasteiger partial charge in [-0.1, -0.05) is 30.3 Å². The summed E-state index contributed by atoms with van der Waals surface area (Å²) in [4.78, 5) is 31.4. The topological polar surface area (TPSA) is 91.0 Å². The Morgan fingerprint density at radius 2 is 2.03 bits per heavy atom. The van der Waals surface area contributed by atoms with Crippen LogP contribution in [0.25, 0.3) is 11.3 Å². The largest absolute Gasteiger partial charge is 0.356 e. The summed E-state index contributed by atoms with van der Waals surface area (Å²) in [5.74, 6) is -0.259. The van der Waals surface area contributed by atoms with Crippen LogP contribution in [0.4, 0.5) is 0 Å². The molecule has 1 fully saturated rings. The van der Waals surface area contributed by atoms with Gasteiger partial charge in [-0.3, -0.25) is 19.7 Å². The molecule has 2 N–H and O–H groups in total. The number of nitrogens with one attached hydrogen (secondary N) is 2. The molecule has 1 aliphatic heterocycles. The van der Waals surface area contributed by atoms with E-state index in [4.69, 9.17) is 0 Å². The molecule has 160 valence electrons. The molecule has 7 heteroatoms. The van der Waals surface area contributed by atoms with Crippen LogP contribution in [-0.4, -0.2) is 51.5 Å². The van der Waals surface area contributed by atoms with Gasteiger partial charge in [0.2, 0.25) is 5.91 Å². The summed E-state index contributed by atoms with van der Waals surface area (Å²) < 4.78 is 0. The molecule has 31 heavy (non-hydrogen) atoms. The van der Waals surface area contributed by atoms with Crippen LogP contribution in [0.2, 0.25) is 0 Å². The van der Waals surface area contributed by atoms with Gasteiger partial charge in [0.15, 0.2) is 0 Å². The predicted octanol–water partition coefficient (Wildman–Crippen LogP) is 3.07. The maximum atomic E-state index is 12.9. The van der Waals surface area contributed by atoms with Crippen molar-refractivity contribution in [3.63, 3.8) is 0 Å². The molecule has 2 amide bonds. The first-order chi connectivity index (χ1) is 15.2. The second-order valence-corrected chi connectivity index (χ2v) is 7.88. The third kappa shape index (κ3) is 5.36. The first-order valence-corrected chi connectivity index (χ1v) is 10.8. The number of carbonyl (C=O) groups excluding carboxylic acids is 2. The van der Waals surface area contributed by atoms with E-state index in [2.05, 4.69) is 32.6 Å². The van der Waals surface area contributed by atoms with Crippen molar-refractivity contribution in [2.45, 2.75) is 25.7 Å². The molecule has 4 rings (SSSR count). The third-order valence-corrected chi connectivity index (χ3v) is 5.63. The van der Waals surface area contributed by atoms with Crippen LogP contribution in [0, 0.1) is 5.92 Å². The Balaban J connectivity index is 1.28. The molecule has 1 aromatic carbocycles. The van der Waals surface area contributed by atoms with Crippen LogP contribution in [-0.2, 0) is 11.2 Å². The number of H-pyrrole nitrogens is 1. The van der Waals surface area contributed by atoms with Gasteiger partial charge in [0.05, 0.1) is 11.6 Å². The number of benzene rings is 1. The van der Waals surface area contributed by atoms with E-state index in [-0.39, 0.29) is 17.7 Å². The van der Waals surface area contributed by atoms with Crippen LogP contribution in [0.1, 0.15) is 35.3 Å². The number of aryl methyl sites for hydroxylation is 1. The third-order valence-electron chi connectivity index (χ3n) is 5.63. The van der Waals surface area contributed by atoms with Crippen molar-refractivity contribution < 1.29 is 9.59 Å². The fraction of sp³-hybridized carbons (Fsp3) is 0.333. The van der Waals surface area contributed by atoms with Crippen LogP contribution in [0.3, 0.4) is 0 Å². The lowest BCUT2D eigenvalue weighted by Gasteiger charge is -2.31. The van der Waals surface area contributed by atoms with Gasteiger partial charge in [-0.25, -0.2) is 0 Å². The maximum absolute atomic E-state index is 12.9. The number of aromatic amines is 1. The smallest absolute Gasteiger partial charge is 0.271 e. The van der Waals surface area contributed by atoms with Crippen molar-refractivity contribution in [3.05, 3.63) is 72.2 Å². The second kappa shape index (κ2) is 10.0. The molecule has 1 aliphatic rings. The first kappa shape index (κ1) is 20.8. The zero-order valence-electron chi connectivity index (χ0n) is 17.5. The number of likely N-dealkylation sites (tertiary alicyclic amines) is 1. The molecule has 1 unspecified atom stereocenters. The molecule has 0 aliphatic carbocycles. The van der Waals surface area contributed by atoms with Crippen LogP contribution in [0.15, 0.2) is 60.9 Å². The zero-order chi connectivity index (χ0) is 21.5. The standard InChI is InChI=1S/C24H27N5O2/c30-23(26-13-4-9-18-7-2-1-3-8-18)20-11-6-14-29(17-20)24(31)22-15-21(27-28-22)19-10-5-12-25-16-19/h1-3,5,7-8,10,12,15-16,20H,4,6,9,11,13-14,17H2,(H,26,30)(H,27,28). The van der Waals surface area contributed by atoms with Gasteiger partial charge >= 0.3 is 0 Å². The minimum Gasteiger partial charge on any atom is -0.356 e. The number of rotatable bonds is 7. The molecule has 3 heterocycles. The minimum absolute atomic E-state index is 0.0335. The van der Waals surface area contributed by atoms with E-state index in [1.807, 2.05) is 30.3 Å². The SMILES string of the molecule is O=C(NCCCc1ccccc1)C1CCCN(C(=O)c2cc(-c3cccnc3)n[nH]2)C1. The first-order valence-electron chi connectivity index (χ1n) is 10.8. The summed E-state index contributed by atoms with van der Waals surface area (Å²) in [7, 11) is 0. The van der Waals surface area contributed by atoms with E-state index in [1.165, 1.54) is 5.56 Å². The Labute approximate surface area is 181 Å². The number of aromatic nitrogens is 3. The second-order valence-electron chi connectivity index (χ2n) is 7.88. The molecule has 2 aromatic heterocycles. The number of hydrogen-bond donors (Lipinski definition) is 2. The lowest BCUT2D eigenvalue weighted by atomic mass is 9.96. The Morgan fingerprint density at radius 3 is 2.84 bits per heavy atom. The van der Waals surface area contributed by atoms with Crippen molar-refractivity contribution in [2.24, 2.45) is 5.92 Å². The van der Waals surface area contributed by atoms with Crippen molar-refractivity contribution in [1.29, 1.82) is 0 Å². The average molecular weight is 418 g/mol. The average Bonchev–Trinajstić information content (AvgIpc) is 3.33. The van der Waals surface area contributed by atoms with Crippen molar-refractivity contribution in [1.82, 2.24) is 25.4 Å². The summed E-state index contributed by atoms with van der Waals surface area (Å²) in [6.45, 7) is 1.73. The normalized spacial score (nSPS) is 16.1. The molecule has 3 aromatic rings. The van der Waals surface area contributed by atoms with Gasteiger partial charge < -0.3 is 10.2 Å². The molecule has 0 spiro atoms. The lowest BCUT2D eigenvalue weighted by molar-refractivity contribution is -0.126. The van der Waals surface area contributed by atoms with Gasteiger partial charge in [0, 0.05) is 37.6 Å². The Bertz CT molecular complexity index is 1000. The summed E-state index contributed by atoms with van der Waals surface area (Å²) in [6, 6.07) is 15.7. The Hall–Kier alpha value is -3.48. The summed E-state index contributed by atoms with van der Waals surface area (Å²) in [6.07, 6.45) is 6.87. The number of carbonyl (C=O) groups is 2. The number of nitrogens with zero attached hydrogens (tertiary/aromatic N) is 3. The molecule has 0 bridgehead atoms.